The minimum Gasteiger partial charge on any atom is -0.456 e. The van der Waals surface area contributed by atoms with Crippen molar-refractivity contribution in [1.29, 1.82) is 0 Å². The van der Waals surface area contributed by atoms with Crippen molar-refractivity contribution in [2.75, 3.05) is 38.1 Å². The summed E-state index contributed by atoms with van der Waals surface area (Å²) >= 11 is 0. The number of rotatable bonds is 6. The van der Waals surface area contributed by atoms with Crippen LogP contribution >= 0.6 is 0 Å². The average molecular weight is 460 g/mol. The molecule has 1 fully saturated rings. The van der Waals surface area contributed by atoms with Crippen LogP contribution in [0.4, 0.5) is 10.5 Å². The Morgan fingerprint density at radius 2 is 1.32 bits per heavy atom. The lowest BCUT2D eigenvalue weighted by molar-refractivity contribution is -0.135. The molecular formula is C26H25N3O5. The van der Waals surface area contributed by atoms with E-state index in [9.17, 15) is 14.4 Å². The summed E-state index contributed by atoms with van der Waals surface area (Å²) in [6.45, 7) is 1.14. The number of ether oxygens (including phenoxy) is 2. The van der Waals surface area contributed by atoms with Gasteiger partial charge in [-0.05, 0) is 36.4 Å². The van der Waals surface area contributed by atoms with Gasteiger partial charge in [0.1, 0.15) is 17.1 Å². The van der Waals surface area contributed by atoms with Crippen LogP contribution in [0.2, 0.25) is 0 Å². The van der Waals surface area contributed by atoms with E-state index in [1.807, 2.05) is 48.5 Å². The highest BCUT2D eigenvalue weighted by Crippen LogP contribution is 2.25. The van der Waals surface area contributed by atoms with Crippen molar-refractivity contribution in [3.8, 4) is 11.5 Å². The lowest BCUT2D eigenvalue weighted by Crippen LogP contribution is -2.52. The molecule has 1 aliphatic heterocycles. The minimum absolute atomic E-state index is 0.209. The molecule has 0 aromatic heterocycles. The smallest absolute Gasteiger partial charge is 0.342 e. The molecule has 0 aliphatic carbocycles. The van der Waals surface area contributed by atoms with Crippen molar-refractivity contribution in [2.24, 2.45) is 0 Å². The van der Waals surface area contributed by atoms with E-state index < -0.39 is 5.97 Å². The van der Waals surface area contributed by atoms with Gasteiger partial charge in [0, 0.05) is 31.9 Å². The number of urea groups is 1. The van der Waals surface area contributed by atoms with Gasteiger partial charge in [0.05, 0.1) is 0 Å². The highest BCUT2D eigenvalue weighted by molar-refractivity contribution is 5.94. The first kappa shape index (κ1) is 22.8. The molecule has 1 saturated heterocycles. The van der Waals surface area contributed by atoms with Gasteiger partial charge in [0.15, 0.2) is 6.61 Å². The van der Waals surface area contributed by atoms with Crippen molar-refractivity contribution in [3.05, 3.63) is 90.5 Å². The van der Waals surface area contributed by atoms with Crippen molar-refractivity contribution in [2.45, 2.75) is 0 Å². The van der Waals surface area contributed by atoms with Crippen LogP contribution in [-0.2, 0) is 9.53 Å². The fraction of sp³-hybridized carbons (Fsp3) is 0.192. The van der Waals surface area contributed by atoms with Crippen LogP contribution in [0, 0.1) is 0 Å². The summed E-state index contributed by atoms with van der Waals surface area (Å²) in [5.41, 5.74) is 0.955. The van der Waals surface area contributed by atoms with Crippen LogP contribution in [0.15, 0.2) is 84.9 Å². The molecule has 34 heavy (non-hydrogen) atoms. The van der Waals surface area contributed by atoms with Crippen LogP contribution < -0.4 is 10.1 Å². The molecule has 3 amide bonds. The zero-order chi connectivity index (χ0) is 23.8. The number of hydrogen-bond donors (Lipinski definition) is 1. The van der Waals surface area contributed by atoms with Crippen LogP contribution in [0.1, 0.15) is 10.4 Å². The van der Waals surface area contributed by atoms with E-state index in [1.165, 1.54) is 0 Å². The second kappa shape index (κ2) is 11.0. The Morgan fingerprint density at radius 3 is 2.03 bits per heavy atom. The summed E-state index contributed by atoms with van der Waals surface area (Å²) in [6.07, 6.45) is 0. The maximum atomic E-state index is 12.6. The van der Waals surface area contributed by atoms with Crippen LogP contribution in [0.3, 0.4) is 0 Å². The second-order valence-corrected chi connectivity index (χ2v) is 7.65. The van der Waals surface area contributed by atoms with Gasteiger partial charge >= 0.3 is 12.0 Å². The number of carbonyl (C=O) groups is 3. The first-order chi connectivity index (χ1) is 16.6. The fourth-order valence-electron chi connectivity index (χ4n) is 3.52. The number of benzene rings is 3. The normalized spacial score (nSPS) is 13.2. The zero-order valence-corrected chi connectivity index (χ0v) is 18.6. The van der Waals surface area contributed by atoms with Crippen molar-refractivity contribution in [3.63, 3.8) is 0 Å². The molecule has 3 aromatic carbocycles. The SMILES string of the molecule is O=C(OCC(=O)N1CCN(C(=O)Nc2ccccc2)CC1)c1ccccc1Oc1ccccc1. The first-order valence-electron chi connectivity index (χ1n) is 11.0. The molecule has 1 heterocycles. The van der Waals surface area contributed by atoms with E-state index in [-0.39, 0.29) is 24.1 Å². The van der Waals surface area contributed by atoms with E-state index in [4.69, 9.17) is 9.47 Å². The van der Waals surface area contributed by atoms with Gasteiger partial charge in [0.2, 0.25) is 0 Å². The molecule has 3 aromatic rings. The summed E-state index contributed by atoms with van der Waals surface area (Å²) < 4.78 is 11.1. The largest absolute Gasteiger partial charge is 0.456 e. The topological polar surface area (TPSA) is 88.2 Å². The van der Waals surface area contributed by atoms with Crippen molar-refractivity contribution < 1.29 is 23.9 Å². The predicted octanol–water partition coefficient (Wildman–Crippen LogP) is 4.01. The van der Waals surface area contributed by atoms with E-state index in [0.717, 1.165) is 5.69 Å². The molecule has 8 nitrogen and oxygen atoms in total. The molecule has 0 atom stereocenters. The van der Waals surface area contributed by atoms with Gasteiger partial charge in [-0.25, -0.2) is 9.59 Å². The lowest BCUT2D eigenvalue weighted by Gasteiger charge is -2.34. The third-order valence-corrected chi connectivity index (χ3v) is 5.35. The summed E-state index contributed by atoms with van der Waals surface area (Å²) in [4.78, 5) is 40.9. The van der Waals surface area contributed by atoms with Gasteiger partial charge in [-0.2, -0.15) is 0 Å². The average Bonchev–Trinajstić information content (AvgIpc) is 2.88. The molecule has 8 heteroatoms. The van der Waals surface area contributed by atoms with E-state index in [1.54, 1.807) is 46.2 Å². The molecular weight excluding hydrogens is 434 g/mol. The van der Waals surface area contributed by atoms with Crippen molar-refractivity contribution >= 4 is 23.6 Å². The summed E-state index contributed by atoms with van der Waals surface area (Å²) in [5, 5.41) is 2.84. The Hall–Kier alpha value is -4.33. The van der Waals surface area contributed by atoms with Gasteiger partial charge in [0.25, 0.3) is 5.91 Å². The number of esters is 1. The Labute approximate surface area is 197 Å². The molecule has 0 unspecified atom stereocenters. The van der Waals surface area contributed by atoms with E-state index in [2.05, 4.69) is 5.32 Å². The highest BCUT2D eigenvalue weighted by atomic mass is 16.5. The number of hydrogen-bond acceptors (Lipinski definition) is 5. The lowest BCUT2D eigenvalue weighted by atomic mass is 10.2. The zero-order valence-electron chi connectivity index (χ0n) is 18.6. The third kappa shape index (κ3) is 5.92. The van der Waals surface area contributed by atoms with Gasteiger partial charge in [-0.15, -0.1) is 0 Å². The fourth-order valence-corrected chi connectivity index (χ4v) is 3.52. The van der Waals surface area contributed by atoms with Gasteiger partial charge in [-0.1, -0.05) is 48.5 Å². The standard InChI is InChI=1S/C26H25N3O5/c30-24(28-15-17-29(18-16-28)26(32)27-20-9-3-1-4-10-20)19-33-25(31)22-13-7-8-14-23(22)34-21-11-5-2-6-12-21/h1-14H,15-19H2,(H,27,32). The molecule has 0 spiro atoms. The molecule has 0 saturated carbocycles. The molecule has 0 bridgehead atoms. The summed E-state index contributed by atoms with van der Waals surface area (Å²) in [6, 6.07) is 24.8. The third-order valence-electron chi connectivity index (χ3n) is 5.35. The van der Waals surface area contributed by atoms with Crippen molar-refractivity contribution in [1.82, 2.24) is 9.80 Å². The molecule has 0 radical (unpaired) electrons. The first-order valence-corrected chi connectivity index (χ1v) is 11.0. The quantitative estimate of drug-likeness (QED) is 0.563. The second-order valence-electron chi connectivity index (χ2n) is 7.65. The number of carbonyl (C=O) groups excluding carboxylic acids is 3. The Morgan fingerprint density at radius 1 is 0.735 bits per heavy atom. The predicted molar refractivity (Wildman–Crippen MR) is 127 cm³/mol. The van der Waals surface area contributed by atoms with Crippen LogP contribution in [0.25, 0.3) is 0 Å². The van der Waals surface area contributed by atoms with Gasteiger partial charge < -0.3 is 24.6 Å². The Balaban J connectivity index is 1.26. The van der Waals surface area contributed by atoms with Gasteiger partial charge in [-0.3, -0.25) is 4.79 Å². The molecule has 1 aliphatic rings. The highest BCUT2D eigenvalue weighted by Gasteiger charge is 2.25. The Kier molecular flexibility index (Phi) is 7.39. The maximum Gasteiger partial charge on any atom is 0.342 e. The number of piperazine rings is 1. The summed E-state index contributed by atoms with van der Waals surface area (Å²) in [5.74, 6) is -0.00382. The van der Waals surface area contributed by atoms with Crippen LogP contribution in [0.5, 0.6) is 11.5 Å². The monoisotopic (exact) mass is 459 g/mol. The Bertz CT molecular complexity index is 1130. The van der Waals surface area contributed by atoms with Crippen LogP contribution in [-0.4, -0.2) is 60.5 Å². The maximum absolute atomic E-state index is 12.6. The molecule has 174 valence electrons. The minimum atomic E-state index is -0.638. The molecule has 1 N–H and O–H groups in total. The summed E-state index contributed by atoms with van der Waals surface area (Å²) in [7, 11) is 0. The number of anilines is 1. The van der Waals surface area contributed by atoms with E-state index >= 15 is 0 Å². The number of amides is 3. The molecule has 4 rings (SSSR count). The number of nitrogens with one attached hydrogen (secondary N) is 1. The number of para-hydroxylation sites is 3. The van der Waals surface area contributed by atoms with E-state index in [0.29, 0.717) is 37.7 Å². The number of nitrogens with zero attached hydrogens (tertiary/aromatic N) is 2.